The number of halogens is 1. The Kier molecular flexibility index (Phi) is 5.94. The Morgan fingerprint density at radius 1 is 1.26 bits per heavy atom. The Bertz CT molecular complexity index is 511. The fraction of sp³-hybridized carbons (Fsp3) is 0.538. The maximum atomic E-state index is 11.7. The molecule has 0 saturated carbocycles. The molecular weight excluding hydrogens is 288 g/mol. The van der Waals surface area contributed by atoms with Crippen LogP contribution >= 0.6 is 11.6 Å². The van der Waals surface area contributed by atoms with Crippen molar-refractivity contribution in [1.29, 1.82) is 0 Å². The predicted octanol–water partition coefficient (Wildman–Crippen LogP) is 2.64. The lowest BCUT2D eigenvalue weighted by molar-refractivity contribution is 0.311. The minimum atomic E-state index is -3.10. The highest BCUT2D eigenvalue weighted by Crippen LogP contribution is 2.28. The van der Waals surface area contributed by atoms with Gasteiger partial charge in [0, 0.05) is 5.88 Å². The van der Waals surface area contributed by atoms with Gasteiger partial charge in [0.05, 0.1) is 18.1 Å². The van der Waals surface area contributed by atoms with Gasteiger partial charge >= 0.3 is 0 Å². The van der Waals surface area contributed by atoms with Crippen LogP contribution in [0.5, 0.6) is 11.5 Å². The van der Waals surface area contributed by atoms with Crippen molar-refractivity contribution < 1.29 is 17.9 Å². The Morgan fingerprint density at radius 3 is 2.47 bits per heavy atom. The summed E-state index contributed by atoms with van der Waals surface area (Å²) in [5.74, 6) is 1.43. The maximum absolute atomic E-state index is 11.7. The lowest BCUT2D eigenvalue weighted by atomic mass is 10.2. The van der Waals surface area contributed by atoms with Crippen molar-refractivity contribution in [3.8, 4) is 11.5 Å². The van der Waals surface area contributed by atoms with Crippen molar-refractivity contribution >= 4 is 21.4 Å². The highest BCUT2D eigenvalue weighted by molar-refractivity contribution is 7.91. The molecule has 0 aromatic heterocycles. The molecule has 4 nitrogen and oxygen atoms in total. The highest BCUT2D eigenvalue weighted by atomic mass is 35.5. The SMILES string of the molecule is COc1ccc(CCl)cc1OCCS(=O)(=O)C(C)C. The molecule has 108 valence electrons. The van der Waals surface area contributed by atoms with Gasteiger partial charge in [0.25, 0.3) is 0 Å². The zero-order valence-electron chi connectivity index (χ0n) is 11.3. The van der Waals surface area contributed by atoms with Crippen LogP contribution in [0.15, 0.2) is 18.2 Å². The number of ether oxygens (including phenoxy) is 2. The average Bonchev–Trinajstić information content (AvgIpc) is 2.38. The monoisotopic (exact) mass is 306 g/mol. The molecule has 0 fully saturated rings. The van der Waals surface area contributed by atoms with Crippen LogP contribution in [-0.2, 0) is 15.7 Å². The van der Waals surface area contributed by atoms with Gasteiger partial charge < -0.3 is 9.47 Å². The summed E-state index contributed by atoms with van der Waals surface area (Å²) in [6.07, 6.45) is 0. The first-order valence-electron chi connectivity index (χ1n) is 5.98. The number of benzene rings is 1. The summed E-state index contributed by atoms with van der Waals surface area (Å²) in [6.45, 7) is 3.41. The van der Waals surface area contributed by atoms with Crippen LogP contribution in [0.3, 0.4) is 0 Å². The summed E-state index contributed by atoms with van der Waals surface area (Å²) < 4.78 is 34.0. The third kappa shape index (κ3) is 4.58. The number of methoxy groups -OCH3 is 1. The standard InChI is InChI=1S/C13H19ClO4S/c1-10(2)19(15,16)7-6-18-13-8-11(9-14)4-5-12(13)17-3/h4-5,8,10H,6-7,9H2,1-3H3. The molecule has 0 unspecified atom stereocenters. The van der Waals surface area contributed by atoms with Crippen LogP contribution in [0.2, 0.25) is 0 Å². The fourth-order valence-corrected chi connectivity index (χ4v) is 2.37. The Hall–Kier alpha value is -0.940. The summed E-state index contributed by atoms with van der Waals surface area (Å²) in [7, 11) is -1.56. The van der Waals surface area contributed by atoms with Crippen LogP contribution in [0.1, 0.15) is 19.4 Å². The molecule has 0 N–H and O–H groups in total. The van der Waals surface area contributed by atoms with Gasteiger partial charge in [0.2, 0.25) is 0 Å². The molecule has 1 aromatic carbocycles. The van der Waals surface area contributed by atoms with E-state index in [0.29, 0.717) is 17.4 Å². The highest BCUT2D eigenvalue weighted by Gasteiger charge is 2.16. The van der Waals surface area contributed by atoms with Crippen LogP contribution < -0.4 is 9.47 Å². The van der Waals surface area contributed by atoms with Crippen molar-refractivity contribution in [2.45, 2.75) is 25.0 Å². The molecule has 0 aliphatic rings. The molecule has 0 aliphatic heterocycles. The summed E-state index contributed by atoms with van der Waals surface area (Å²) >= 11 is 5.75. The van der Waals surface area contributed by atoms with Gasteiger partial charge in [0.15, 0.2) is 21.3 Å². The molecule has 0 spiro atoms. The van der Waals surface area contributed by atoms with E-state index < -0.39 is 15.1 Å². The first kappa shape index (κ1) is 16.1. The van der Waals surface area contributed by atoms with Crippen LogP contribution in [0.4, 0.5) is 0 Å². The number of hydrogen-bond acceptors (Lipinski definition) is 4. The third-order valence-electron chi connectivity index (χ3n) is 2.73. The molecule has 6 heteroatoms. The van der Waals surface area contributed by atoms with E-state index in [1.807, 2.05) is 6.07 Å². The number of hydrogen-bond donors (Lipinski definition) is 0. The molecule has 0 amide bonds. The third-order valence-corrected chi connectivity index (χ3v) is 5.21. The van der Waals surface area contributed by atoms with Gasteiger partial charge in [-0.2, -0.15) is 0 Å². The van der Waals surface area contributed by atoms with Gasteiger partial charge in [-0.15, -0.1) is 11.6 Å². The van der Waals surface area contributed by atoms with E-state index in [1.165, 1.54) is 7.11 Å². The zero-order chi connectivity index (χ0) is 14.5. The summed E-state index contributed by atoms with van der Waals surface area (Å²) in [5, 5.41) is -0.396. The molecule has 0 aliphatic carbocycles. The lowest BCUT2D eigenvalue weighted by Gasteiger charge is -2.12. The fourth-order valence-electron chi connectivity index (χ4n) is 1.42. The molecule has 1 aromatic rings. The minimum absolute atomic E-state index is 0.0150. The largest absolute Gasteiger partial charge is 0.493 e. The van der Waals surface area contributed by atoms with Crippen molar-refractivity contribution in [2.24, 2.45) is 0 Å². The number of alkyl halides is 1. The Labute approximate surface area is 119 Å². The minimum Gasteiger partial charge on any atom is -0.493 e. The van der Waals surface area contributed by atoms with Crippen molar-refractivity contribution in [2.75, 3.05) is 19.5 Å². The van der Waals surface area contributed by atoms with Crippen molar-refractivity contribution in [1.82, 2.24) is 0 Å². The summed E-state index contributed by atoms with van der Waals surface area (Å²) in [5.41, 5.74) is 0.893. The van der Waals surface area contributed by atoms with E-state index in [-0.39, 0.29) is 12.4 Å². The smallest absolute Gasteiger partial charge is 0.161 e. The van der Waals surface area contributed by atoms with Crippen LogP contribution in [0, 0.1) is 0 Å². The Morgan fingerprint density at radius 2 is 1.95 bits per heavy atom. The molecule has 0 atom stereocenters. The normalized spacial score (nSPS) is 11.6. The van der Waals surface area contributed by atoms with Crippen molar-refractivity contribution in [3.63, 3.8) is 0 Å². The topological polar surface area (TPSA) is 52.6 Å². The predicted molar refractivity (Wildman–Crippen MR) is 77.0 cm³/mol. The molecule has 1 rings (SSSR count). The average molecular weight is 307 g/mol. The quantitative estimate of drug-likeness (QED) is 0.727. The molecule has 0 heterocycles. The van der Waals surface area contributed by atoms with Gasteiger partial charge in [-0.25, -0.2) is 8.42 Å². The summed E-state index contributed by atoms with van der Waals surface area (Å²) in [4.78, 5) is 0. The molecule has 0 bridgehead atoms. The van der Waals surface area contributed by atoms with Gasteiger partial charge in [-0.1, -0.05) is 6.07 Å². The first-order chi connectivity index (χ1) is 8.90. The molecular formula is C13H19ClO4S. The number of rotatable bonds is 7. The Balaban J connectivity index is 2.72. The van der Waals surface area contributed by atoms with Crippen LogP contribution in [0.25, 0.3) is 0 Å². The summed E-state index contributed by atoms with van der Waals surface area (Å²) in [6, 6.07) is 5.35. The second-order valence-corrected chi connectivity index (χ2v) is 7.33. The lowest BCUT2D eigenvalue weighted by Crippen LogP contribution is -2.22. The van der Waals surface area contributed by atoms with Gasteiger partial charge in [0.1, 0.15) is 6.61 Å². The zero-order valence-corrected chi connectivity index (χ0v) is 12.9. The van der Waals surface area contributed by atoms with E-state index in [2.05, 4.69) is 0 Å². The van der Waals surface area contributed by atoms with E-state index in [9.17, 15) is 8.42 Å². The van der Waals surface area contributed by atoms with E-state index in [1.54, 1.807) is 26.0 Å². The maximum Gasteiger partial charge on any atom is 0.161 e. The van der Waals surface area contributed by atoms with E-state index in [4.69, 9.17) is 21.1 Å². The number of sulfone groups is 1. The first-order valence-corrected chi connectivity index (χ1v) is 8.23. The van der Waals surface area contributed by atoms with E-state index in [0.717, 1.165) is 5.56 Å². The van der Waals surface area contributed by atoms with Crippen LogP contribution in [-0.4, -0.2) is 33.1 Å². The molecule has 0 radical (unpaired) electrons. The van der Waals surface area contributed by atoms with Gasteiger partial charge in [-0.3, -0.25) is 0 Å². The van der Waals surface area contributed by atoms with E-state index >= 15 is 0 Å². The molecule has 0 saturated heterocycles. The molecule has 19 heavy (non-hydrogen) atoms. The second-order valence-electron chi connectivity index (χ2n) is 4.38. The van der Waals surface area contributed by atoms with Crippen molar-refractivity contribution in [3.05, 3.63) is 23.8 Å². The van der Waals surface area contributed by atoms with Gasteiger partial charge in [-0.05, 0) is 31.5 Å². The second kappa shape index (κ2) is 7.01.